The quantitative estimate of drug-likeness (QED) is 0.795. The normalized spacial score (nSPS) is 23.5. The molecule has 1 N–H and O–H groups in total. The van der Waals surface area contributed by atoms with Gasteiger partial charge in [-0.15, -0.1) is 0 Å². The molecule has 0 aromatic heterocycles. The zero-order valence-corrected chi connectivity index (χ0v) is 12.7. The molecule has 0 aromatic carbocycles. The van der Waals surface area contributed by atoms with Gasteiger partial charge in [0.25, 0.3) is 0 Å². The van der Waals surface area contributed by atoms with Gasteiger partial charge in [0.15, 0.2) is 0 Å². The van der Waals surface area contributed by atoms with Gasteiger partial charge in [-0.2, -0.15) is 0 Å². The van der Waals surface area contributed by atoms with Gasteiger partial charge in [0.1, 0.15) is 0 Å². The van der Waals surface area contributed by atoms with Crippen molar-refractivity contribution in [2.24, 2.45) is 5.41 Å². The van der Waals surface area contributed by atoms with E-state index in [4.69, 9.17) is 4.74 Å². The number of rotatable bonds is 5. The van der Waals surface area contributed by atoms with Gasteiger partial charge in [-0.05, 0) is 25.3 Å². The van der Waals surface area contributed by atoms with Crippen LogP contribution in [-0.2, 0) is 9.53 Å². The number of aliphatic hydroxyl groups excluding tert-OH is 1. The van der Waals surface area contributed by atoms with Crippen LogP contribution in [-0.4, -0.2) is 73.9 Å². The Morgan fingerprint density at radius 3 is 2.84 bits per heavy atom. The van der Waals surface area contributed by atoms with Gasteiger partial charge in [-0.25, -0.2) is 0 Å². The molecule has 1 fully saturated rings. The van der Waals surface area contributed by atoms with Crippen molar-refractivity contribution in [2.45, 2.75) is 32.8 Å². The molecule has 0 bridgehead atoms. The third-order valence-electron chi connectivity index (χ3n) is 3.57. The van der Waals surface area contributed by atoms with Crippen LogP contribution < -0.4 is 0 Å². The number of nitrogens with zero attached hydrogens (tertiary/aromatic N) is 2. The fraction of sp³-hybridized carbons (Fsp3) is 0.929. The van der Waals surface area contributed by atoms with Crippen LogP contribution in [0.4, 0.5) is 0 Å². The Hall–Kier alpha value is -0.650. The molecule has 0 unspecified atom stereocenters. The van der Waals surface area contributed by atoms with Crippen LogP contribution in [0.2, 0.25) is 0 Å². The second kappa shape index (κ2) is 7.22. The molecule has 0 aliphatic carbocycles. The number of carbonyl (C=O) groups excluding carboxylic acids is 1. The smallest absolute Gasteiger partial charge is 0.236 e. The van der Waals surface area contributed by atoms with E-state index in [0.29, 0.717) is 26.1 Å². The molecule has 0 saturated carbocycles. The van der Waals surface area contributed by atoms with Crippen LogP contribution in [0.15, 0.2) is 0 Å². The minimum Gasteiger partial charge on any atom is -0.393 e. The Morgan fingerprint density at radius 1 is 1.53 bits per heavy atom. The van der Waals surface area contributed by atoms with Gasteiger partial charge in [-0.3, -0.25) is 9.69 Å². The van der Waals surface area contributed by atoms with Crippen LogP contribution in [0, 0.1) is 5.41 Å². The van der Waals surface area contributed by atoms with E-state index < -0.39 is 0 Å². The van der Waals surface area contributed by atoms with Crippen molar-refractivity contribution < 1.29 is 14.6 Å². The highest BCUT2D eigenvalue weighted by atomic mass is 16.5. The first-order valence-electron chi connectivity index (χ1n) is 6.97. The molecule has 5 nitrogen and oxygen atoms in total. The molecule has 1 atom stereocenters. The van der Waals surface area contributed by atoms with E-state index in [2.05, 4.69) is 13.8 Å². The zero-order valence-electron chi connectivity index (χ0n) is 12.7. The van der Waals surface area contributed by atoms with E-state index in [1.807, 2.05) is 16.8 Å². The van der Waals surface area contributed by atoms with E-state index in [1.54, 1.807) is 7.11 Å². The monoisotopic (exact) mass is 272 g/mol. The average molecular weight is 272 g/mol. The van der Waals surface area contributed by atoms with Crippen molar-refractivity contribution in [1.82, 2.24) is 9.80 Å². The van der Waals surface area contributed by atoms with E-state index in [0.717, 1.165) is 19.5 Å². The number of methoxy groups -OCH3 is 1. The highest BCUT2D eigenvalue weighted by Crippen LogP contribution is 2.28. The number of hydrogen-bond acceptors (Lipinski definition) is 4. The maximum Gasteiger partial charge on any atom is 0.236 e. The summed E-state index contributed by atoms with van der Waals surface area (Å²) in [6.07, 6.45) is 1.15. The number of hydrogen-bond donors (Lipinski definition) is 1. The van der Waals surface area contributed by atoms with Crippen molar-refractivity contribution in [2.75, 3.05) is 46.9 Å². The van der Waals surface area contributed by atoms with E-state index in [1.165, 1.54) is 0 Å². The number of likely N-dealkylation sites (tertiary alicyclic amines) is 1. The van der Waals surface area contributed by atoms with Crippen molar-refractivity contribution in [3.05, 3.63) is 0 Å². The van der Waals surface area contributed by atoms with Gasteiger partial charge in [-0.1, -0.05) is 13.8 Å². The first kappa shape index (κ1) is 16.4. The fourth-order valence-corrected chi connectivity index (χ4v) is 2.58. The van der Waals surface area contributed by atoms with E-state index in [9.17, 15) is 9.90 Å². The summed E-state index contributed by atoms with van der Waals surface area (Å²) in [5, 5.41) is 9.86. The summed E-state index contributed by atoms with van der Waals surface area (Å²) >= 11 is 0. The summed E-state index contributed by atoms with van der Waals surface area (Å²) in [6, 6.07) is 0. The third kappa shape index (κ3) is 5.89. The van der Waals surface area contributed by atoms with Gasteiger partial charge < -0.3 is 14.7 Å². The van der Waals surface area contributed by atoms with E-state index >= 15 is 0 Å². The Balaban J connectivity index is 2.51. The molecular weight excluding hydrogens is 244 g/mol. The molecule has 0 aromatic rings. The second-order valence-electron chi connectivity index (χ2n) is 6.36. The lowest BCUT2D eigenvalue weighted by molar-refractivity contribution is -0.133. The van der Waals surface area contributed by atoms with Crippen LogP contribution >= 0.6 is 0 Å². The standard InChI is InChI=1S/C14H28N2O3/c1-14(2)9-12(17)5-6-16(11-14)13(18)10-15(3)7-8-19-4/h12,17H,5-11H2,1-4H3/t12-/m1/s1. The largest absolute Gasteiger partial charge is 0.393 e. The van der Waals surface area contributed by atoms with Crippen molar-refractivity contribution in [3.63, 3.8) is 0 Å². The van der Waals surface area contributed by atoms with Crippen molar-refractivity contribution in [3.8, 4) is 0 Å². The Morgan fingerprint density at radius 2 is 2.21 bits per heavy atom. The number of likely N-dealkylation sites (N-methyl/N-ethyl adjacent to an activating group) is 1. The number of aliphatic hydroxyl groups is 1. The van der Waals surface area contributed by atoms with Crippen LogP contribution in [0.25, 0.3) is 0 Å². The van der Waals surface area contributed by atoms with E-state index in [-0.39, 0.29) is 17.4 Å². The van der Waals surface area contributed by atoms with Crippen LogP contribution in [0.3, 0.4) is 0 Å². The molecular formula is C14H28N2O3. The number of ether oxygens (including phenoxy) is 1. The molecule has 1 heterocycles. The third-order valence-corrected chi connectivity index (χ3v) is 3.57. The van der Waals surface area contributed by atoms with Crippen molar-refractivity contribution >= 4 is 5.91 Å². The first-order valence-corrected chi connectivity index (χ1v) is 6.97. The highest BCUT2D eigenvalue weighted by Gasteiger charge is 2.31. The van der Waals surface area contributed by atoms with Gasteiger partial charge in [0, 0.05) is 26.7 Å². The second-order valence-corrected chi connectivity index (χ2v) is 6.36. The molecule has 1 amide bonds. The maximum atomic E-state index is 12.3. The van der Waals surface area contributed by atoms with Gasteiger partial charge in [0.05, 0.1) is 19.3 Å². The van der Waals surface area contributed by atoms with Crippen LogP contribution in [0.1, 0.15) is 26.7 Å². The summed E-state index contributed by atoms with van der Waals surface area (Å²) in [5.41, 5.74) is -0.0172. The molecule has 1 aliphatic rings. The minimum atomic E-state index is -0.293. The van der Waals surface area contributed by atoms with Gasteiger partial charge >= 0.3 is 0 Å². The SMILES string of the molecule is COCCN(C)CC(=O)N1CC[C@@H](O)CC(C)(C)C1. The fourth-order valence-electron chi connectivity index (χ4n) is 2.58. The topological polar surface area (TPSA) is 53.0 Å². The number of amides is 1. The Labute approximate surface area is 116 Å². The predicted octanol–water partition coefficient (Wildman–Crippen LogP) is 0.574. The lowest BCUT2D eigenvalue weighted by Gasteiger charge is -2.30. The zero-order chi connectivity index (χ0) is 14.5. The van der Waals surface area contributed by atoms with Crippen molar-refractivity contribution in [1.29, 1.82) is 0 Å². The average Bonchev–Trinajstić information content (AvgIpc) is 2.44. The molecule has 112 valence electrons. The Bertz CT molecular complexity index is 294. The number of carbonyl (C=O) groups is 1. The lowest BCUT2D eigenvalue weighted by atomic mass is 9.87. The maximum absolute atomic E-state index is 12.3. The minimum absolute atomic E-state index is 0.0172. The predicted molar refractivity (Wildman–Crippen MR) is 75.0 cm³/mol. The molecule has 1 saturated heterocycles. The summed E-state index contributed by atoms with van der Waals surface area (Å²) < 4.78 is 5.01. The highest BCUT2D eigenvalue weighted by molar-refractivity contribution is 5.78. The summed E-state index contributed by atoms with van der Waals surface area (Å²) in [4.78, 5) is 16.1. The molecule has 1 aliphatic heterocycles. The molecule has 0 spiro atoms. The van der Waals surface area contributed by atoms with Gasteiger partial charge in [0.2, 0.25) is 5.91 Å². The molecule has 5 heteroatoms. The molecule has 1 rings (SSSR count). The summed E-state index contributed by atoms with van der Waals surface area (Å²) in [6.45, 7) is 7.39. The summed E-state index contributed by atoms with van der Waals surface area (Å²) in [5.74, 6) is 0.140. The molecule has 19 heavy (non-hydrogen) atoms. The molecule has 0 radical (unpaired) electrons. The lowest BCUT2D eigenvalue weighted by Crippen LogP contribution is -2.43. The Kier molecular flexibility index (Phi) is 6.23. The van der Waals surface area contributed by atoms with Crippen LogP contribution in [0.5, 0.6) is 0 Å². The summed E-state index contributed by atoms with van der Waals surface area (Å²) in [7, 11) is 3.59. The first-order chi connectivity index (χ1) is 8.84.